The third kappa shape index (κ3) is 13.8. The maximum Gasteiger partial charge on any atom is -0.0421 e. The Morgan fingerprint density at radius 2 is 2.00 bits per heavy atom. The molecule has 1 nitrogen and oxygen atoms in total. The number of nitrogens with two attached hydrogens (primary N) is 1. The van der Waals surface area contributed by atoms with Gasteiger partial charge in [0, 0.05) is 0 Å². The van der Waals surface area contributed by atoms with Crippen LogP contribution in [-0.2, 0) is 20.0 Å². The summed E-state index contributed by atoms with van der Waals surface area (Å²) in [6, 6.07) is 0. The molecule has 0 aliphatic carbocycles. The SMILES string of the molecule is N[SH](=P)=S. The molecule has 4 heteroatoms. The molecule has 0 aromatic rings. The molecule has 0 saturated carbocycles. The van der Waals surface area contributed by atoms with Crippen LogP contribution in [0.25, 0.3) is 0 Å². The number of rotatable bonds is 0. The van der Waals surface area contributed by atoms with Crippen molar-refractivity contribution in [1.29, 1.82) is 0 Å². The highest BCUT2D eigenvalue weighted by Gasteiger charge is 1.29. The average Bonchev–Trinajstić information content (AvgIpc) is 0.811. The Bertz CT molecular complexity index is 54.4. The summed E-state index contributed by atoms with van der Waals surface area (Å²) in [6.07, 6.45) is 0. The number of thiol groups is 1. The van der Waals surface area contributed by atoms with Gasteiger partial charge in [0.1, 0.15) is 0 Å². The maximum atomic E-state index is 4.90. The van der Waals surface area contributed by atoms with Crippen LogP contribution in [-0.4, -0.2) is 0 Å². The summed E-state index contributed by atoms with van der Waals surface area (Å²) in [5.74, 6) is 0. The summed E-state index contributed by atoms with van der Waals surface area (Å²) < 4.78 is 0. The van der Waals surface area contributed by atoms with Gasteiger partial charge in [0.25, 0.3) is 0 Å². The Hall–Kier alpha value is 0.830. The molecule has 0 bridgehead atoms. The Morgan fingerprint density at radius 3 is 2.00 bits per heavy atom. The molecule has 0 aliphatic rings. The van der Waals surface area contributed by atoms with Crippen molar-refractivity contribution in [2.45, 2.75) is 0 Å². The van der Waals surface area contributed by atoms with Crippen LogP contribution in [0.5, 0.6) is 0 Å². The fraction of sp³-hybridized carbons (Fsp3) is 0. The first-order valence-corrected chi connectivity index (χ1v) is 4.43. The first-order valence-electron chi connectivity index (χ1n) is 0.664. The Kier molecular flexibility index (Phi) is 2.52. The van der Waals surface area contributed by atoms with E-state index in [4.69, 9.17) is 5.14 Å². The molecule has 0 fully saturated rings. The zero-order chi connectivity index (χ0) is 3.58. The molecule has 0 rings (SSSR count). The molecule has 0 aromatic carbocycles. The van der Waals surface area contributed by atoms with Gasteiger partial charge >= 0.3 is 0 Å². The third-order valence-electron chi connectivity index (χ3n) is 0. The van der Waals surface area contributed by atoms with Gasteiger partial charge in [0.2, 0.25) is 0 Å². The van der Waals surface area contributed by atoms with Gasteiger partial charge in [-0.1, -0.05) is 16.8 Å². The fourth-order valence-corrected chi connectivity index (χ4v) is 0. The monoisotopic (exact) mass is 113 g/mol. The van der Waals surface area contributed by atoms with Crippen LogP contribution in [0.1, 0.15) is 0 Å². The third-order valence-corrected chi connectivity index (χ3v) is 0. The van der Waals surface area contributed by atoms with E-state index >= 15 is 0 Å². The Balaban J connectivity index is 3.51. The molecule has 26 valence electrons. The topological polar surface area (TPSA) is 26.0 Å². The molecule has 1 atom stereocenters. The van der Waals surface area contributed by atoms with E-state index in [0.717, 1.165) is 0 Å². The van der Waals surface area contributed by atoms with Crippen molar-refractivity contribution in [3.63, 3.8) is 0 Å². The van der Waals surface area contributed by atoms with Gasteiger partial charge in [0.05, 0.1) is 0 Å². The van der Waals surface area contributed by atoms with Crippen molar-refractivity contribution in [1.82, 2.24) is 0 Å². The van der Waals surface area contributed by atoms with E-state index < -0.39 is 8.82 Å². The largest absolute Gasteiger partial charge is 0.279 e. The highest BCUT2D eigenvalue weighted by molar-refractivity contribution is 8.37. The van der Waals surface area contributed by atoms with Gasteiger partial charge in [-0.25, -0.2) is 0 Å². The lowest BCUT2D eigenvalue weighted by Crippen LogP contribution is -1.78. The second kappa shape index (κ2) is 2.09. The summed E-state index contributed by atoms with van der Waals surface area (Å²) in [6.45, 7) is 0. The minimum Gasteiger partial charge on any atom is -0.279 e. The van der Waals surface area contributed by atoms with Crippen molar-refractivity contribution < 1.29 is 0 Å². The second-order valence-corrected chi connectivity index (χ2v) is 4.58. The van der Waals surface area contributed by atoms with E-state index in [0.29, 0.717) is 0 Å². The number of hydrogen-bond acceptors (Lipinski definition) is 1. The van der Waals surface area contributed by atoms with Gasteiger partial charge in [-0.2, -0.15) is 0 Å². The van der Waals surface area contributed by atoms with Crippen LogP contribution in [0, 0.1) is 0 Å². The second-order valence-electron chi connectivity index (χ2n) is 0.326. The smallest absolute Gasteiger partial charge is 0.0421 e. The highest BCUT2D eigenvalue weighted by Crippen LogP contribution is 1.50. The summed E-state index contributed by atoms with van der Waals surface area (Å²) in [4.78, 5) is 0. The molecule has 1 unspecified atom stereocenters. The predicted octanol–water partition coefficient (Wildman–Crippen LogP) is -0.270. The summed E-state index contributed by atoms with van der Waals surface area (Å²) in [7, 11) is 2.24. The first kappa shape index (κ1) is 4.83. The van der Waals surface area contributed by atoms with Gasteiger partial charge in [-0.3, -0.25) is 5.14 Å². The van der Waals surface area contributed by atoms with Crippen LogP contribution in [0.15, 0.2) is 0 Å². The lowest BCUT2D eigenvalue weighted by molar-refractivity contribution is 2.07. The summed E-state index contributed by atoms with van der Waals surface area (Å²) in [5.41, 5.74) is 0. The first-order chi connectivity index (χ1) is 1.73. The minimum atomic E-state index is -0.731. The van der Waals surface area contributed by atoms with Gasteiger partial charge in [-0.05, 0) is 11.2 Å². The van der Waals surface area contributed by atoms with Crippen LogP contribution < -0.4 is 5.14 Å². The maximum absolute atomic E-state index is 4.90. The Morgan fingerprint density at radius 1 is 2.00 bits per heavy atom. The minimum absolute atomic E-state index is 0.731. The van der Waals surface area contributed by atoms with E-state index in [9.17, 15) is 0 Å². The van der Waals surface area contributed by atoms with Crippen LogP contribution >= 0.6 is 8.02 Å². The van der Waals surface area contributed by atoms with E-state index in [-0.39, 0.29) is 0 Å². The lowest BCUT2D eigenvalue weighted by Gasteiger charge is -1.55. The van der Waals surface area contributed by atoms with Crippen molar-refractivity contribution >= 4 is 28.0 Å². The fourth-order valence-electron chi connectivity index (χ4n) is 0. The zero-order valence-electron chi connectivity index (χ0n) is 1.93. The van der Waals surface area contributed by atoms with Crippen molar-refractivity contribution in [2.75, 3.05) is 0 Å². The van der Waals surface area contributed by atoms with E-state index in [2.05, 4.69) is 19.2 Å². The molecule has 0 aromatic heterocycles. The van der Waals surface area contributed by atoms with Gasteiger partial charge in [0.15, 0.2) is 0 Å². The zero-order valence-corrected chi connectivity index (χ0v) is 4.64. The highest BCUT2D eigenvalue weighted by atomic mass is 32.9. The molecular weight excluding hydrogens is 109 g/mol. The normalized spacial score (nSPS) is 15.2. The summed E-state index contributed by atoms with van der Waals surface area (Å²) >= 11 is 4.38. The molecule has 0 spiro atoms. The predicted molar refractivity (Wildman–Crippen MR) is 28.6 cm³/mol. The average molecular weight is 113 g/mol. The van der Waals surface area contributed by atoms with Crippen LogP contribution in [0.4, 0.5) is 0 Å². The van der Waals surface area contributed by atoms with Crippen molar-refractivity contribution in [3.05, 3.63) is 0 Å². The van der Waals surface area contributed by atoms with Crippen LogP contribution in [0.3, 0.4) is 0 Å². The summed E-state index contributed by atoms with van der Waals surface area (Å²) in [5, 5.41) is 4.90. The molecule has 4 heavy (non-hydrogen) atoms. The molecule has 0 amide bonds. The van der Waals surface area contributed by atoms with Crippen molar-refractivity contribution in [3.8, 4) is 0 Å². The van der Waals surface area contributed by atoms with Crippen molar-refractivity contribution in [2.24, 2.45) is 5.14 Å². The number of hydrogen-bond donors (Lipinski definition) is 2. The van der Waals surface area contributed by atoms with E-state index in [1.807, 2.05) is 0 Å². The van der Waals surface area contributed by atoms with Crippen LogP contribution in [0.2, 0.25) is 0 Å². The molecule has 0 radical (unpaired) electrons. The Labute approximate surface area is 33.8 Å². The lowest BCUT2D eigenvalue weighted by atomic mass is 14.0. The molecule has 2 N–H and O–H groups in total. The standard InChI is InChI=1S/H4NPS2/c1-4(2)3/h2,4H,(H2,1,3). The van der Waals surface area contributed by atoms with Gasteiger partial charge in [-0.15, -0.1) is 0 Å². The molecular formula is H4NPS2. The van der Waals surface area contributed by atoms with E-state index in [1.165, 1.54) is 0 Å². The van der Waals surface area contributed by atoms with E-state index in [1.54, 1.807) is 0 Å². The molecule has 0 saturated heterocycles. The molecule has 0 aliphatic heterocycles. The quantitative estimate of drug-likeness (QED) is 0.334. The van der Waals surface area contributed by atoms with Gasteiger partial charge < -0.3 is 0 Å². The molecule has 0 heterocycles.